The second-order valence-corrected chi connectivity index (χ2v) is 8.43. The van der Waals surface area contributed by atoms with Crippen molar-refractivity contribution in [2.45, 2.75) is 25.6 Å². The molecule has 0 bridgehead atoms. The summed E-state index contributed by atoms with van der Waals surface area (Å²) in [6.45, 7) is 2.73. The number of nitrogens with one attached hydrogen (secondary N) is 2. The number of H-pyrrole nitrogens is 1. The van der Waals surface area contributed by atoms with Crippen LogP contribution in [0, 0.1) is 5.82 Å². The van der Waals surface area contributed by atoms with Gasteiger partial charge in [-0.15, -0.1) is 0 Å². The molecule has 1 aliphatic rings. The Morgan fingerprint density at radius 1 is 1.03 bits per heavy atom. The number of imidazole rings is 1. The number of alkyl halides is 3. The normalized spacial score (nSPS) is 14.5. The van der Waals surface area contributed by atoms with Gasteiger partial charge in [-0.3, -0.25) is 9.69 Å². The van der Waals surface area contributed by atoms with E-state index in [1.807, 2.05) is 12.1 Å². The van der Waals surface area contributed by atoms with Crippen molar-refractivity contribution in [3.05, 3.63) is 77.2 Å². The summed E-state index contributed by atoms with van der Waals surface area (Å²) in [7, 11) is 0. The first-order valence-electron chi connectivity index (χ1n) is 11.1. The number of anilines is 1. The van der Waals surface area contributed by atoms with Gasteiger partial charge in [0.05, 0.1) is 22.3 Å². The Labute approximate surface area is 198 Å². The lowest BCUT2D eigenvalue weighted by molar-refractivity contribution is -0.137. The predicted molar refractivity (Wildman–Crippen MR) is 123 cm³/mol. The van der Waals surface area contributed by atoms with E-state index in [1.54, 1.807) is 18.2 Å². The molecular formula is C25H21F4N5O. The molecule has 2 aromatic heterocycles. The lowest BCUT2D eigenvalue weighted by Crippen LogP contribution is -2.20. The number of benzene rings is 2. The summed E-state index contributed by atoms with van der Waals surface area (Å²) >= 11 is 0. The Kier molecular flexibility index (Phi) is 5.98. The minimum Gasteiger partial charge on any atom is -0.338 e. The molecule has 180 valence electrons. The van der Waals surface area contributed by atoms with Crippen LogP contribution in [0.15, 0.2) is 54.6 Å². The van der Waals surface area contributed by atoms with E-state index in [2.05, 4.69) is 25.2 Å². The summed E-state index contributed by atoms with van der Waals surface area (Å²) in [5, 5.41) is 2.75. The number of likely N-dealkylation sites (tertiary alicyclic amines) is 1. The number of pyridine rings is 1. The summed E-state index contributed by atoms with van der Waals surface area (Å²) < 4.78 is 54.3. The number of hydrogen-bond acceptors (Lipinski definition) is 4. The van der Waals surface area contributed by atoms with Gasteiger partial charge in [0.1, 0.15) is 23.0 Å². The van der Waals surface area contributed by atoms with E-state index in [9.17, 15) is 22.4 Å². The van der Waals surface area contributed by atoms with Gasteiger partial charge in [0.2, 0.25) is 0 Å². The fourth-order valence-corrected chi connectivity index (χ4v) is 4.29. The van der Waals surface area contributed by atoms with Crippen LogP contribution in [0.3, 0.4) is 0 Å². The molecule has 0 atom stereocenters. The molecule has 3 heterocycles. The zero-order valence-corrected chi connectivity index (χ0v) is 18.5. The zero-order valence-electron chi connectivity index (χ0n) is 18.5. The van der Waals surface area contributed by atoms with Crippen LogP contribution in [0.1, 0.15) is 34.5 Å². The fraction of sp³-hybridized carbons (Fsp3) is 0.240. The van der Waals surface area contributed by atoms with Crippen molar-refractivity contribution in [3.63, 3.8) is 0 Å². The van der Waals surface area contributed by atoms with E-state index in [0.717, 1.165) is 43.8 Å². The maximum absolute atomic E-state index is 13.8. The summed E-state index contributed by atoms with van der Waals surface area (Å²) in [6, 6.07) is 12.3. The summed E-state index contributed by atoms with van der Waals surface area (Å²) in [6.07, 6.45) is -2.38. The molecule has 5 rings (SSSR count). The molecule has 2 N–H and O–H groups in total. The van der Waals surface area contributed by atoms with Gasteiger partial charge < -0.3 is 10.3 Å². The maximum Gasteiger partial charge on any atom is 0.417 e. The number of carbonyl (C=O) groups excluding carboxylic acids is 1. The number of nitrogens with zero attached hydrogens (tertiary/aromatic N) is 3. The van der Waals surface area contributed by atoms with Crippen LogP contribution >= 0.6 is 0 Å². The van der Waals surface area contributed by atoms with E-state index in [1.165, 1.54) is 6.07 Å². The minimum absolute atomic E-state index is 0.154. The monoisotopic (exact) mass is 483 g/mol. The standard InChI is InChI=1S/C25H21F4N5O/c26-15-9-10-19(25(27,28)29)18(13-15)23-31-20-7-4-6-17(22(20)33-23)24(35)32-21-8-3-5-16(30-21)14-34-11-1-2-12-34/h3-10,13H,1-2,11-12,14H2,(H,31,33)(H,30,32,35). The summed E-state index contributed by atoms with van der Waals surface area (Å²) in [5.41, 5.74) is 0.0446. The third-order valence-corrected chi connectivity index (χ3v) is 5.93. The van der Waals surface area contributed by atoms with Gasteiger partial charge in [-0.1, -0.05) is 12.1 Å². The average molecular weight is 483 g/mol. The third kappa shape index (κ3) is 4.88. The molecule has 0 aliphatic carbocycles. The Morgan fingerprint density at radius 3 is 2.57 bits per heavy atom. The predicted octanol–water partition coefficient (Wildman–Crippen LogP) is 5.63. The fourth-order valence-electron chi connectivity index (χ4n) is 4.29. The van der Waals surface area contributed by atoms with Crippen LogP contribution in [-0.2, 0) is 12.7 Å². The van der Waals surface area contributed by atoms with Gasteiger partial charge in [0.25, 0.3) is 5.91 Å². The van der Waals surface area contributed by atoms with E-state index in [4.69, 9.17) is 0 Å². The molecule has 35 heavy (non-hydrogen) atoms. The molecule has 0 unspecified atom stereocenters. The lowest BCUT2D eigenvalue weighted by atomic mass is 10.1. The number of halogens is 4. The van der Waals surface area contributed by atoms with Crippen molar-refractivity contribution in [3.8, 4) is 11.4 Å². The molecule has 2 aromatic carbocycles. The Hall–Kier alpha value is -3.79. The first-order valence-corrected chi connectivity index (χ1v) is 11.1. The second-order valence-electron chi connectivity index (χ2n) is 8.43. The van der Waals surface area contributed by atoms with Crippen LogP contribution in [0.2, 0.25) is 0 Å². The molecule has 6 nitrogen and oxygen atoms in total. The third-order valence-electron chi connectivity index (χ3n) is 5.93. The molecule has 1 aliphatic heterocycles. The van der Waals surface area contributed by atoms with Crippen molar-refractivity contribution in [1.29, 1.82) is 0 Å². The largest absolute Gasteiger partial charge is 0.417 e. The van der Waals surface area contributed by atoms with Crippen molar-refractivity contribution in [2.24, 2.45) is 0 Å². The molecule has 1 amide bonds. The van der Waals surface area contributed by atoms with Crippen molar-refractivity contribution >= 4 is 22.8 Å². The van der Waals surface area contributed by atoms with Crippen molar-refractivity contribution < 1.29 is 22.4 Å². The highest BCUT2D eigenvalue weighted by Crippen LogP contribution is 2.37. The molecule has 0 saturated carbocycles. The van der Waals surface area contributed by atoms with Gasteiger partial charge >= 0.3 is 6.18 Å². The topological polar surface area (TPSA) is 73.9 Å². The molecule has 0 radical (unpaired) electrons. The smallest absolute Gasteiger partial charge is 0.338 e. The van der Waals surface area contributed by atoms with E-state index in [-0.39, 0.29) is 16.9 Å². The number of hydrogen-bond donors (Lipinski definition) is 2. The molecule has 1 saturated heterocycles. The quantitative estimate of drug-likeness (QED) is 0.361. The van der Waals surface area contributed by atoms with Crippen molar-refractivity contribution in [1.82, 2.24) is 19.9 Å². The van der Waals surface area contributed by atoms with Crippen LogP contribution in [0.25, 0.3) is 22.4 Å². The van der Waals surface area contributed by atoms with Crippen LogP contribution in [0.5, 0.6) is 0 Å². The van der Waals surface area contributed by atoms with Gasteiger partial charge in [-0.2, -0.15) is 13.2 Å². The van der Waals surface area contributed by atoms with Crippen LogP contribution in [-0.4, -0.2) is 38.8 Å². The lowest BCUT2D eigenvalue weighted by Gasteiger charge is -2.14. The molecule has 4 aromatic rings. The van der Waals surface area contributed by atoms with Gasteiger partial charge in [-0.25, -0.2) is 14.4 Å². The number of carbonyl (C=O) groups is 1. The number of aromatic amines is 1. The van der Waals surface area contributed by atoms with Gasteiger partial charge in [-0.05, 0) is 68.4 Å². The molecule has 0 spiro atoms. The first kappa shape index (κ1) is 23.0. The number of para-hydroxylation sites is 1. The maximum atomic E-state index is 13.8. The minimum atomic E-state index is -4.70. The summed E-state index contributed by atoms with van der Waals surface area (Å²) in [5.74, 6) is -1.15. The van der Waals surface area contributed by atoms with E-state index < -0.39 is 29.0 Å². The van der Waals surface area contributed by atoms with E-state index >= 15 is 0 Å². The van der Waals surface area contributed by atoms with Gasteiger partial charge in [0, 0.05) is 12.1 Å². The Balaban J connectivity index is 1.45. The van der Waals surface area contributed by atoms with Crippen LogP contribution < -0.4 is 5.32 Å². The number of aromatic nitrogens is 3. The molecular weight excluding hydrogens is 462 g/mol. The SMILES string of the molecule is O=C(Nc1cccc(CN2CCCC2)n1)c1cccc2[nH]c(-c3cc(F)ccc3C(F)(F)F)nc12. The highest BCUT2D eigenvalue weighted by atomic mass is 19.4. The molecule has 1 fully saturated rings. The number of amides is 1. The highest BCUT2D eigenvalue weighted by molar-refractivity contribution is 6.11. The van der Waals surface area contributed by atoms with Gasteiger partial charge in [0.15, 0.2) is 0 Å². The number of rotatable bonds is 5. The van der Waals surface area contributed by atoms with Crippen LogP contribution in [0.4, 0.5) is 23.4 Å². The Bertz CT molecular complexity index is 1390. The number of fused-ring (bicyclic) bond motifs is 1. The highest BCUT2D eigenvalue weighted by Gasteiger charge is 2.34. The Morgan fingerprint density at radius 2 is 1.80 bits per heavy atom. The molecule has 10 heteroatoms. The summed E-state index contributed by atoms with van der Waals surface area (Å²) in [4.78, 5) is 26.9. The van der Waals surface area contributed by atoms with E-state index in [0.29, 0.717) is 23.9 Å². The second kappa shape index (κ2) is 9.10. The van der Waals surface area contributed by atoms with Crippen molar-refractivity contribution in [2.75, 3.05) is 18.4 Å². The first-order chi connectivity index (χ1) is 16.8. The average Bonchev–Trinajstić information content (AvgIpc) is 3.48. The zero-order chi connectivity index (χ0) is 24.6.